The molecule has 13 heavy (non-hydrogen) atoms. The first-order chi connectivity index (χ1) is 6.33. The molecule has 0 aliphatic heterocycles. The van der Waals surface area contributed by atoms with Gasteiger partial charge in [0.15, 0.2) is 0 Å². The molecule has 0 aliphatic carbocycles. The van der Waals surface area contributed by atoms with Crippen molar-refractivity contribution < 1.29 is 0 Å². The van der Waals surface area contributed by atoms with E-state index in [1.54, 1.807) is 4.68 Å². The highest BCUT2D eigenvalue weighted by Gasteiger charge is 2.04. The number of nitrogens with zero attached hydrogens (tertiary/aromatic N) is 3. The Bertz CT molecular complexity index is 418. The maximum Gasteiger partial charge on any atom is 0.116 e. The number of aromatic nitrogens is 3. The van der Waals surface area contributed by atoms with Crippen LogP contribution in [0.25, 0.3) is 11.0 Å². The summed E-state index contributed by atoms with van der Waals surface area (Å²) in [6.07, 6.45) is 0.857. The van der Waals surface area contributed by atoms with Crippen LogP contribution < -0.4 is 5.73 Å². The standard InChI is InChI=1S/C9H12N4/c1-13-8-4-2-3-7(5-6-10)9(8)11-12-13/h2-4H,5-6,10H2,1H3. The van der Waals surface area contributed by atoms with Crippen LogP contribution in [-0.2, 0) is 13.5 Å². The van der Waals surface area contributed by atoms with E-state index in [0.717, 1.165) is 17.5 Å². The SMILES string of the molecule is Cn1nnc2c(CCN)cccc21. The minimum Gasteiger partial charge on any atom is -0.330 e. The van der Waals surface area contributed by atoms with Crippen LogP contribution in [-0.4, -0.2) is 21.5 Å². The van der Waals surface area contributed by atoms with Crippen LogP contribution in [0.2, 0.25) is 0 Å². The number of benzene rings is 1. The maximum atomic E-state index is 5.50. The van der Waals surface area contributed by atoms with Gasteiger partial charge < -0.3 is 5.73 Å². The zero-order valence-corrected chi connectivity index (χ0v) is 7.57. The molecule has 0 spiro atoms. The Morgan fingerprint density at radius 3 is 3.08 bits per heavy atom. The van der Waals surface area contributed by atoms with Gasteiger partial charge in [0.05, 0.1) is 5.52 Å². The van der Waals surface area contributed by atoms with Gasteiger partial charge >= 0.3 is 0 Å². The topological polar surface area (TPSA) is 56.7 Å². The lowest BCUT2D eigenvalue weighted by molar-refractivity contribution is 0.736. The van der Waals surface area contributed by atoms with Crippen molar-refractivity contribution in [2.45, 2.75) is 6.42 Å². The highest BCUT2D eigenvalue weighted by Crippen LogP contribution is 2.14. The molecule has 2 aromatic rings. The fourth-order valence-electron chi connectivity index (χ4n) is 1.47. The smallest absolute Gasteiger partial charge is 0.116 e. The zero-order chi connectivity index (χ0) is 9.26. The van der Waals surface area contributed by atoms with E-state index in [1.807, 2.05) is 25.2 Å². The minimum atomic E-state index is 0.648. The number of aryl methyl sites for hydroxylation is 1. The first-order valence-electron chi connectivity index (χ1n) is 4.30. The average molecular weight is 176 g/mol. The second-order valence-electron chi connectivity index (χ2n) is 3.04. The Morgan fingerprint density at radius 1 is 1.46 bits per heavy atom. The van der Waals surface area contributed by atoms with Gasteiger partial charge in [-0.05, 0) is 24.6 Å². The lowest BCUT2D eigenvalue weighted by atomic mass is 10.1. The van der Waals surface area contributed by atoms with Crippen LogP contribution in [0.5, 0.6) is 0 Å². The van der Waals surface area contributed by atoms with E-state index >= 15 is 0 Å². The van der Waals surface area contributed by atoms with Gasteiger partial charge in [-0.1, -0.05) is 17.3 Å². The second-order valence-corrected chi connectivity index (χ2v) is 3.04. The van der Waals surface area contributed by atoms with E-state index in [0.29, 0.717) is 6.54 Å². The van der Waals surface area contributed by atoms with Crippen LogP contribution in [0, 0.1) is 0 Å². The lowest BCUT2D eigenvalue weighted by Crippen LogP contribution is -2.03. The zero-order valence-electron chi connectivity index (χ0n) is 7.57. The normalized spacial score (nSPS) is 10.9. The van der Waals surface area contributed by atoms with Gasteiger partial charge in [-0.3, -0.25) is 0 Å². The highest BCUT2D eigenvalue weighted by atomic mass is 15.4. The number of nitrogens with two attached hydrogens (primary N) is 1. The van der Waals surface area contributed by atoms with Crippen LogP contribution in [0.15, 0.2) is 18.2 Å². The van der Waals surface area contributed by atoms with Crippen molar-refractivity contribution in [3.63, 3.8) is 0 Å². The molecule has 1 aromatic carbocycles. The Kier molecular flexibility index (Phi) is 1.98. The Balaban J connectivity index is 2.63. The van der Waals surface area contributed by atoms with Crippen molar-refractivity contribution in [3.05, 3.63) is 23.8 Å². The minimum absolute atomic E-state index is 0.648. The van der Waals surface area contributed by atoms with E-state index < -0.39 is 0 Å². The van der Waals surface area contributed by atoms with Gasteiger partial charge in [0.25, 0.3) is 0 Å². The molecule has 2 rings (SSSR count). The summed E-state index contributed by atoms with van der Waals surface area (Å²) in [5.41, 5.74) is 8.71. The molecule has 0 radical (unpaired) electrons. The molecule has 1 aromatic heterocycles. The van der Waals surface area contributed by atoms with Crippen LogP contribution in [0.4, 0.5) is 0 Å². The van der Waals surface area contributed by atoms with Crippen molar-refractivity contribution in [2.75, 3.05) is 6.54 Å². The highest BCUT2D eigenvalue weighted by molar-refractivity contribution is 5.77. The molecule has 0 fully saturated rings. The molecule has 0 saturated heterocycles. The molecule has 68 valence electrons. The molecule has 0 unspecified atom stereocenters. The van der Waals surface area contributed by atoms with Crippen molar-refractivity contribution in [2.24, 2.45) is 12.8 Å². The monoisotopic (exact) mass is 176 g/mol. The second kappa shape index (κ2) is 3.14. The molecule has 0 saturated carbocycles. The van der Waals surface area contributed by atoms with Crippen molar-refractivity contribution >= 4 is 11.0 Å². The number of hydrogen-bond acceptors (Lipinski definition) is 3. The third-order valence-electron chi connectivity index (χ3n) is 2.14. The van der Waals surface area contributed by atoms with E-state index in [1.165, 1.54) is 5.56 Å². The summed E-state index contributed by atoms with van der Waals surface area (Å²) in [4.78, 5) is 0. The number of fused-ring (bicyclic) bond motifs is 1. The fraction of sp³-hybridized carbons (Fsp3) is 0.333. The molecular formula is C9H12N4. The molecule has 4 nitrogen and oxygen atoms in total. The molecule has 0 amide bonds. The quantitative estimate of drug-likeness (QED) is 0.723. The van der Waals surface area contributed by atoms with Gasteiger partial charge in [0.2, 0.25) is 0 Å². The van der Waals surface area contributed by atoms with Crippen LogP contribution in [0.1, 0.15) is 5.56 Å². The van der Waals surface area contributed by atoms with Gasteiger partial charge in [-0.2, -0.15) is 0 Å². The third kappa shape index (κ3) is 1.29. The summed E-state index contributed by atoms with van der Waals surface area (Å²) in [6, 6.07) is 6.07. The summed E-state index contributed by atoms with van der Waals surface area (Å²) in [6.45, 7) is 0.648. The van der Waals surface area contributed by atoms with Gasteiger partial charge in [-0.15, -0.1) is 5.10 Å². The molecule has 0 aliphatic rings. The molecule has 0 atom stereocenters. The van der Waals surface area contributed by atoms with Crippen molar-refractivity contribution in [1.29, 1.82) is 0 Å². The predicted molar refractivity (Wildman–Crippen MR) is 51.3 cm³/mol. The fourth-order valence-corrected chi connectivity index (χ4v) is 1.47. The van der Waals surface area contributed by atoms with E-state index in [4.69, 9.17) is 5.73 Å². The Hall–Kier alpha value is -1.42. The van der Waals surface area contributed by atoms with Gasteiger partial charge in [-0.25, -0.2) is 4.68 Å². The summed E-state index contributed by atoms with van der Waals surface area (Å²) in [5, 5.41) is 8.06. The summed E-state index contributed by atoms with van der Waals surface area (Å²) in [5.74, 6) is 0. The predicted octanol–water partition coefficient (Wildman–Crippen LogP) is 0.469. The lowest BCUT2D eigenvalue weighted by Gasteiger charge is -1.98. The summed E-state index contributed by atoms with van der Waals surface area (Å²) < 4.78 is 1.77. The molecular weight excluding hydrogens is 164 g/mol. The molecule has 2 N–H and O–H groups in total. The molecule has 1 heterocycles. The Morgan fingerprint density at radius 2 is 2.31 bits per heavy atom. The average Bonchev–Trinajstić information content (AvgIpc) is 2.50. The van der Waals surface area contributed by atoms with E-state index in [9.17, 15) is 0 Å². The number of hydrogen-bond donors (Lipinski definition) is 1. The summed E-state index contributed by atoms with van der Waals surface area (Å²) >= 11 is 0. The summed E-state index contributed by atoms with van der Waals surface area (Å²) in [7, 11) is 1.89. The molecule has 4 heteroatoms. The largest absolute Gasteiger partial charge is 0.330 e. The van der Waals surface area contributed by atoms with Crippen molar-refractivity contribution in [3.8, 4) is 0 Å². The van der Waals surface area contributed by atoms with Gasteiger partial charge in [0, 0.05) is 7.05 Å². The van der Waals surface area contributed by atoms with Crippen LogP contribution >= 0.6 is 0 Å². The molecule has 0 bridgehead atoms. The first-order valence-corrected chi connectivity index (χ1v) is 4.30. The van der Waals surface area contributed by atoms with E-state index in [2.05, 4.69) is 10.3 Å². The number of rotatable bonds is 2. The first kappa shape index (κ1) is 8.19. The Labute approximate surface area is 76.3 Å². The third-order valence-corrected chi connectivity index (χ3v) is 2.14. The van der Waals surface area contributed by atoms with Gasteiger partial charge in [0.1, 0.15) is 5.52 Å². The maximum absolute atomic E-state index is 5.50. The van der Waals surface area contributed by atoms with Crippen LogP contribution in [0.3, 0.4) is 0 Å². The van der Waals surface area contributed by atoms with Crippen molar-refractivity contribution in [1.82, 2.24) is 15.0 Å². The van der Waals surface area contributed by atoms with E-state index in [-0.39, 0.29) is 0 Å².